The fourth-order valence-electron chi connectivity index (χ4n) is 1.58. The van der Waals surface area contributed by atoms with Crippen molar-refractivity contribution in [2.45, 2.75) is 12.8 Å². The van der Waals surface area contributed by atoms with Gasteiger partial charge in [-0.15, -0.1) is 0 Å². The third-order valence-electron chi connectivity index (χ3n) is 2.52. The van der Waals surface area contributed by atoms with Gasteiger partial charge < -0.3 is 5.11 Å². The Kier molecular flexibility index (Phi) is 3.69. The summed E-state index contributed by atoms with van der Waals surface area (Å²) in [6.07, 6.45) is 1.15. The third-order valence-corrected chi connectivity index (χ3v) is 4.43. The van der Waals surface area contributed by atoms with E-state index in [0.29, 0.717) is 19.4 Å². The van der Waals surface area contributed by atoms with E-state index in [9.17, 15) is 13.2 Å². The summed E-state index contributed by atoms with van der Waals surface area (Å²) in [6, 6.07) is 0. The molecule has 7 heteroatoms. The lowest BCUT2D eigenvalue weighted by Gasteiger charge is -2.31. The van der Waals surface area contributed by atoms with Crippen molar-refractivity contribution in [3.8, 4) is 0 Å². The van der Waals surface area contributed by atoms with Gasteiger partial charge in [0.2, 0.25) is 0 Å². The quantitative estimate of drug-likeness (QED) is 0.722. The molecule has 0 saturated carbocycles. The Labute approximate surface area is 89.7 Å². The highest BCUT2D eigenvalue weighted by molar-refractivity contribution is 7.86. The Hall–Kier alpha value is -0.660. The fourth-order valence-corrected chi connectivity index (χ4v) is 2.77. The molecule has 1 N–H and O–H groups in total. The number of aliphatic carboxylic acids is 1. The van der Waals surface area contributed by atoms with Crippen molar-refractivity contribution in [2.75, 3.05) is 27.2 Å². The van der Waals surface area contributed by atoms with Crippen molar-refractivity contribution in [3.05, 3.63) is 0 Å². The highest BCUT2D eigenvalue weighted by Crippen LogP contribution is 2.20. The summed E-state index contributed by atoms with van der Waals surface area (Å²) in [7, 11) is -0.575. The van der Waals surface area contributed by atoms with Gasteiger partial charge >= 0.3 is 5.97 Å². The van der Waals surface area contributed by atoms with E-state index in [-0.39, 0.29) is 6.54 Å². The van der Waals surface area contributed by atoms with Crippen LogP contribution in [0.4, 0.5) is 0 Å². The number of rotatable bonds is 3. The van der Waals surface area contributed by atoms with Gasteiger partial charge in [-0.2, -0.15) is 17.0 Å². The number of nitrogens with zero attached hydrogens (tertiary/aromatic N) is 2. The molecular weight excluding hydrogens is 220 g/mol. The van der Waals surface area contributed by atoms with Gasteiger partial charge in [0, 0.05) is 27.2 Å². The number of carboxylic acids is 1. The van der Waals surface area contributed by atoms with Crippen LogP contribution in [0.2, 0.25) is 0 Å². The van der Waals surface area contributed by atoms with Gasteiger partial charge in [-0.3, -0.25) is 4.79 Å². The number of carboxylic acid groups (broad SMARTS) is 1. The van der Waals surface area contributed by atoms with E-state index in [1.54, 1.807) is 0 Å². The second kappa shape index (κ2) is 4.46. The minimum Gasteiger partial charge on any atom is -0.481 e. The van der Waals surface area contributed by atoms with E-state index in [1.807, 2.05) is 0 Å². The summed E-state index contributed by atoms with van der Waals surface area (Å²) < 4.78 is 25.8. The first-order chi connectivity index (χ1) is 6.85. The Morgan fingerprint density at radius 2 is 2.07 bits per heavy atom. The molecule has 0 radical (unpaired) electrons. The zero-order valence-corrected chi connectivity index (χ0v) is 9.70. The normalized spacial score (nSPS) is 24.3. The van der Waals surface area contributed by atoms with Crippen LogP contribution in [0.1, 0.15) is 12.8 Å². The van der Waals surface area contributed by atoms with E-state index < -0.39 is 22.1 Å². The molecule has 6 nitrogen and oxygen atoms in total. The lowest BCUT2D eigenvalue weighted by molar-refractivity contribution is -0.142. The fraction of sp³-hybridized carbons (Fsp3) is 0.875. The summed E-state index contributed by atoms with van der Waals surface area (Å²) in [4.78, 5) is 10.8. The zero-order valence-electron chi connectivity index (χ0n) is 8.88. The number of hydrogen-bond donors (Lipinski definition) is 1. The first-order valence-corrected chi connectivity index (χ1v) is 6.16. The Morgan fingerprint density at radius 3 is 2.53 bits per heavy atom. The molecule has 1 heterocycles. The molecular formula is C8H16N2O4S. The van der Waals surface area contributed by atoms with E-state index >= 15 is 0 Å². The molecule has 1 fully saturated rings. The van der Waals surface area contributed by atoms with Crippen LogP contribution in [0, 0.1) is 5.92 Å². The summed E-state index contributed by atoms with van der Waals surface area (Å²) in [5.41, 5.74) is 0. The van der Waals surface area contributed by atoms with Gasteiger partial charge in [-0.05, 0) is 12.8 Å². The van der Waals surface area contributed by atoms with Gasteiger partial charge in [0.1, 0.15) is 0 Å². The summed E-state index contributed by atoms with van der Waals surface area (Å²) in [5.74, 6) is -1.50. The lowest BCUT2D eigenvalue weighted by Crippen LogP contribution is -2.46. The van der Waals surface area contributed by atoms with Crippen LogP contribution in [0.3, 0.4) is 0 Å². The first kappa shape index (κ1) is 12.4. The van der Waals surface area contributed by atoms with Crippen LogP contribution in [0.5, 0.6) is 0 Å². The van der Waals surface area contributed by atoms with Gasteiger partial charge in [0.05, 0.1) is 5.92 Å². The molecule has 0 amide bonds. The minimum absolute atomic E-state index is 0.0792. The molecule has 0 aromatic rings. The first-order valence-electron chi connectivity index (χ1n) is 4.76. The summed E-state index contributed by atoms with van der Waals surface area (Å²) in [6.45, 7) is 0.486. The van der Waals surface area contributed by atoms with Crippen molar-refractivity contribution in [2.24, 2.45) is 5.92 Å². The Balaban J connectivity index is 2.77. The molecule has 0 aromatic heterocycles. The Bertz CT molecular complexity index is 339. The topological polar surface area (TPSA) is 77.9 Å². The molecule has 1 atom stereocenters. The summed E-state index contributed by atoms with van der Waals surface area (Å²) in [5, 5.41) is 8.83. The molecule has 88 valence electrons. The van der Waals surface area contributed by atoms with Crippen LogP contribution >= 0.6 is 0 Å². The number of hydrogen-bond acceptors (Lipinski definition) is 3. The molecule has 0 bridgehead atoms. The monoisotopic (exact) mass is 236 g/mol. The zero-order chi connectivity index (χ0) is 11.6. The van der Waals surface area contributed by atoms with Crippen molar-refractivity contribution >= 4 is 16.2 Å². The standard InChI is InChI=1S/C8H16N2O4S/c1-9(2)15(13,14)10-5-3-4-7(6-10)8(11)12/h7H,3-6H2,1-2H3,(H,11,12)/t7-/m0/s1. The van der Waals surface area contributed by atoms with Crippen molar-refractivity contribution in [1.29, 1.82) is 0 Å². The maximum absolute atomic E-state index is 11.7. The minimum atomic E-state index is -3.46. The molecule has 0 spiro atoms. The van der Waals surface area contributed by atoms with Gasteiger partial charge in [0.15, 0.2) is 0 Å². The van der Waals surface area contributed by atoms with E-state index in [1.165, 1.54) is 18.4 Å². The second-order valence-corrected chi connectivity index (χ2v) is 5.97. The highest BCUT2D eigenvalue weighted by atomic mass is 32.2. The van der Waals surface area contributed by atoms with E-state index in [4.69, 9.17) is 5.11 Å². The van der Waals surface area contributed by atoms with E-state index in [0.717, 1.165) is 4.31 Å². The molecule has 1 rings (SSSR count). The molecule has 0 unspecified atom stereocenters. The van der Waals surface area contributed by atoms with Crippen molar-refractivity contribution in [3.63, 3.8) is 0 Å². The third kappa shape index (κ3) is 2.67. The van der Waals surface area contributed by atoms with Crippen LogP contribution in [0.25, 0.3) is 0 Å². The average molecular weight is 236 g/mol. The average Bonchev–Trinajstić information content (AvgIpc) is 2.17. The van der Waals surface area contributed by atoms with Crippen LogP contribution in [0.15, 0.2) is 0 Å². The van der Waals surface area contributed by atoms with Crippen molar-refractivity contribution < 1.29 is 18.3 Å². The second-order valence-electron chi connectivity index (χ2n) is 3.83. The number of piperidine rings is 1. The Morgan fingerprint density at radius 1 is 1.47 bits per heavy atom. The summed E-state index contributed by atoms with van der Waals surface area (Å²) >= 11 is 0. The smallest absolute Gasteiger partial charge is 0.307 e. The molecule has 0 aromatic carbocycles. The molecule has 15 heavy (non-hydrogen) atoms. The number of carbonyl (C=O) groups is 1. The highest BCUT2D eigenvalue weighted by Gasteiger charge is 2.33. The van der Waals surface area contributed by atoms with Crippen LogP contribution in [-0.4, -0.2) is 55.3 Å². The molecule has 1 saturated heterocycles. The molecule has 0 aliphatic carbocycles. The van der Waals surface area contributed by atoms with E-state index in [2.05, 4.69) is 0 Å². The van der Waals surface area contributed by atoms with Crippen LogP contribution in [-0.2, 0) is 15.0 Å². The predicted molar refractivity (Wildman–Crippen MR) is 54.5 cm³/mol. The molecule has 1 aliphatic rings. The lowest BCUT2D eigenvalue weighted by atomic mass is 10.0. The maximum Gasteiger partial charge on any atom is 0.307 e. The predicted octanol–water partition coefficient (Wildman–Crippen LogP) is -0.411. The van der Waals surface area contributed by atoms with Gasteiger partial charge in [-0.25, -0.2) is 0 Å². The van der Waals surface area contributed by atoms with Gasteiger partial charge in [0.25, 0.3) is 10.2 Å². The maximum atomic E-state index is 11.7. The van der Waals surface area contributed by atoms with Gasteiger partial charge in [-0.1, -0.05) is 0 Å². The largest absolute Gasteiger partial charge is 0.481 e. The van der Waals surface area contributed by atoms with Crippen molar-refractivity contribution in [1.82, 2.24) is 8.61 Å². The SMILES string of the molecule is CN(C)S(=O)(=O)N1CCC[C@H](C(=O)O)C1. The molecule has 1 aliphatic heterocycles. The van der Waals surface area contributed by atoms with Crippen LogP contribution < -0.4 is 0 Å².